The number of hydrogen-bond donors (Lipinski definition) is 3. The maximum atomic E-state index is 12.2. The number of piperazine rings is 1. The summed E-state index contributed by atoms with van der Waals surface area (Å²) in [4.78, 5) is 23.3. The lowest BCUT2D eigenvalue weighted by Gasteiger charge is -2.27. The van der Waals surface area contributed by atoms with Crippen LogP contribution in [0.2, 0.25) is 0 Å². The molecule has 0 radical (unpaired) electrons. The summed E-state index contributed by atoms with van der Waals surface area (Å²) >= 11 is 0. The lowest BCUT2D eigenvalue weighted by Crippen LogP contribution is -2.42. The highest BCUT2D eigenvalue weighted by Crippen LogP contribution is 2.23. The molecule has 1 aliphatic heterocycles. The minimum atomic E-state index is -0.349. The van der Waals surface area contributed by atoms with E-state index < -0.39 is 0 Å². The molecule has 154 valence electrons. The maximum absolute atomic E-state index is 12.2. The Bertz CT molecular complexity index is 1000. The van der Waals surface area contributed by atoms with E-state index in [1.807, 2.05) is 19.1 Å². The minimum Gasteiger partial charge on any atom is -0.464 e. The number of benzene rings is 1. The van der Waals surface area contributed by atoms with Crippen LogP contribution in [-0.4, -0.2) is 57.9 Å². The standard InChI is InChI=1S/C19H23N7O2.ClH/c1-2-28-19-23-15-11-21-25-18(27)16(15)17(24-19)22-14-5-3-13(4-6-14)12-26-9-7-20-8-10-26;/h3-6,11,20H,2,7-10,12H2,1H3,(H,25,27)(H,22,23,24);1H. The van der Waals surface area contributed by atoms with Crippen molar-refractivity contribution in [2.24, 2.45) is 0 Å². The van der Waals surface area contributed by atoms with Crippen LogP contribution < -0.4 is 20.9 Å². The molecule has 29 heavy (non-hydrogen) atoms. The molecule has 1 fully saturated rings. The van der Waals surface area contributed by atoms with Gasteiger partial charge >= 0.3 is 6.01 Å². The van der Waals surface area contributed by atoms with E-state index in [0.29, 0.717) is 23.3 Å². The van der Waals surface area contributed by atoms with E-state index in [4.69, 9.17) is 4.74 Å². The highest BCUT2D eigenvalue weighted by Gasteiger charge is 2.13. The van der Waals surface area contributed by atoms with Crippen LogP contribution >= 0.6 is 12.4 Å². The first kappa shape index (κ1) is 21.0. The summed E-state index contributed by atoms with van der Waals surface area (Å²) in [6.07, 6.45) is 1.49. The number of aromatic amines is 1. The number of nitrogens with one attached hydrogen (secondary N) is 3. The molecule has 3 heterocycles. The molecule has 1 saturated heterocycles. The van der Waals surface area contributed by atoms with E-state index in [2.05, 4.69) is 47.8 Å². The highest BCUT2D eigenvalue weighted by atomic mass is 35.5. The number of nitrogens with zero attached hydrogens (tertiary/aromatic N) is 4. The van der Waals surface area contributed by atoms with Crippen molar-refractivity contribution in [3.05, 3.63) is 46.4 Å². The Morgan fingerprint density at radius 3 is 2.66 bits per heavy atom. The van der Waals surface area contributed by atoms with Gasteiger partial charge in [0.25, 0.3) is 5.56 Å². The predicted molar refractivity (Wildman–Crippen MR) is 114 cm³/mol. The van der Waals surface area contributed by atoms with Crippen LogP contribution in [0.3, 0.4) is 0 Å². The molecule has 1 aromatic carbocycles. The quantitative estimate of drug-likeness (QED) is 0.556. The molecule has 1 aliphatic rings. The van der Waals surface area contributed by atoms with Crippen molar-refractivity contribution in [1.82, 2.24) is 30.4 Å². The number of ether oxygens (including phenoxy) is 1. The predicted octanol–water partition coefficient (Wildman–Crippen LogP) is 1.68. The van der Waals surface area contributed by atoms with Crippen LogP contribution in [0.1, 0.15) is 12.5 Å². The van der Waals surface area contributed by atoms with Crippen LogP contribution in [-0.2, 0) is 6.54 Å². The van der Waals surface area contributed by atoms with Crippen LogP contribution in [0.25, 0.3) is 10.9 Å². The molecule has 0 aliphatic carbocycles. The third-order valence-electron chi connectivity index (χ3n) is 4.60. The Labute approximate surface area is 174 Å². The first-order valence-electron chi connectivity index (χ1n) is 9.40. The van der Waals surface area contributed by atoms with Crippen molar-refractivity contribution in [2.75, 3.05) is 38.1 Å². The van der Waals surface area contributed by atoms with Crippen molar-refractivity contribution < 1.29 is 4.74 Å². The van der Waals surface area contributed by atoms with Gasteiger partial charge < -0.3 is 15.4 Å². The number of anilines is 2. The average Bonchev–Trinajstić information content (AvgIpc) is 2.70. The molecular weight excluding hydrogens is 394 g/mol. The first-order valence-corrected chi connectivity index (χ1v) is 9.40. The summed E-state index contributed by atoms with van der Waals surface area (Å²) in [5.41, 5.74) is 2.16. The van der Waals surface area contributed by atoms with Crippen LogP contribution in [0, 0.1) is 0 Å². The molecular formula is C19H24ClN7O2. The molecule has 2 aromatic heterocycles. The normalized spacial score (nSPS) is 14.4. The van der Waals surface area contributed by atoms with Crippen LogP contribution in [0.5, 0.6) is 6.01 Å². The van der Waals surface area contributed by atoms with Crippen molar-refractivity contribution >= 4 is 34.8 Å². The Hall–Kier alpha value is -2.75. The van der Waals surface area contributed by atoms with E-state index in [1.54, 1.807) is 0 Å². The Balaban J connectivity index is 0.00000240. The number of aromatic nitrogens is 4. The lowest BCUT2D eigenvalue weighted by atomic mass is 10.2. The smallest absolute Gasteiger partial charge is 0.319 e. The van der Waals surface area contributed by atoms with E-state index in [1.165, 1.54) is 11.8 Å². The summed E-state index contributed by atoms with van der Waals surface area (Å²) in [5.74, 6) is 0.395. The molecule has 0 amide bonds. The topological polar surface area (TPSA) is 108 Å². The number of halogens is 1. The zero-order chi connectivity index (χ0) is 19.3. The van der Waals surface area contributed by atoms with Crippen LogP contribution in [0.15, 0.2) is 35.3 Å². The van der Waals surface area contributed by atoms with E-state index in [9.17, 15) is 4.79 Å². The second-order valence-corrected chi connectivity index (χ2v) is 6.60. The summed E-state index contributed by atoms with van der Waals surface area (Å²) in [5, 5.41) is 13.2. The van der Waals surface area contributed by atoms with Crippen molar-refractivity contribution in [2.45, 2.75) is 13.5 Å². The Morgan fingerprint density at radius 1 is 1.17 bits per heavy atom. The minimum absolute atomic E-state index is 0. The molecule has 0 unspecified atom stereocenters. The molecule has 0 saturated carbocycles. The van der Waals surface area contributed by atoms with Gasteiger partial charge in [0, 0.05) is 38.4 Å². The fourth-order valence-corrected chi connectivity index (χ4v) is 3.22. The fraction of sp³-hybridized carbons (Fsp3) is 0.368. The number of rotatable bonds is 6. The third-order valence-corrected chi connectivity index (χ3v) is 4.60. The molecule has 3 aromatic rings. The molecule has 0 spiro atoms. The lowest BCUT2D eigenvalue weighted by molar-refractivity contribution is 0.233. The zero-order valence-corrected chi connectivity index (χ0v) is 17.0. The van der Waals surface area contributed by atoms with Crippen LogP contribution in [0.4, 0.5) is 11.5 Å². The van der Waals surface area contributed by atoms with Crippen molar-refractivity contribution in [3.63, 3.8) is 0 Å². The van der Waals surface area contributed by atoms with Gasteiger partial charge in [-0.05, 0) is 24.6 Å². The molecule has 0 atom stereocenters. The average molecular weight is 418 g/mol. The molecule has 0 bridgehead atoms. The summed E-state index contributed by atoms with van der Waals surface area (Å²) in [6, 6.07) is 8.36. The van der Waals surface area contributed by atoms with Gasteiger partial charge in [0.15, 0.2) is 5.82 Å². The highest BCUT2D eigenvalue weighted by molar-refractivity contribution is 5.89. The second-order valence-electron chi connectivity index (χ2n) is 6.60. The van der Waals surface area contributed by atoms with Gasteiger partial charge in [-0.15, -0.1) is 12.4 Å². The number of H-pyrrole nitrogens is 1. The molecule has 4 rings (SSSR count). The van der Waals surface area contributed by atoms with Gasteiger partial charge in [-0.1, -0.05) is 12.1 Å². The van der Waals surface area contributed by atoms with Gasteiger partial charge in [0.2, 0.25) is 0 Å². The van der Waals surface area contributed by atoms with E-state index in [0.717, 1.165) is 38.4 Å². The van der Waals surface area contributed by atoms with Gasteiger partial charge in [0.1, 0.15) is 10.9 Å². The van der Waals surface area contributed by atoms with Gasteiger partial charge in [-0.25, -0.2) is 5.10 Å². The summed E-state index contributed by atoms with van der Waals surface area (Å²) in [7, 11) is 0. The second kappa shape index (κ2) is 9.64. The first-order chi connectivity index (χ1) is 13.7. The third kappa shape index (κ3) is 5.00. The maximum Gasteiger partial charge on any atom is 0.319 e. The monoisotopic (exact) mass is 417 g/mol. The van der Waals surface area contributed by atoms with Gasteiger partial charge in [-0.3, -0.25) is 9.69 Å². The number of hydrogen-bond acceptors (Lipinski definition) is 8. The Morgan fingerprint density at radius 2 is 1.93 bits per heavy atom. The van der Waals surface area contributed by atoms with E-state index in [-0.39, 0.29) is 24.0 Å². The summed E-state index contributed by atoms with van der Waals surface area (Å²) in [6.45, 7) is 7.40. The largest absolute Gasteiger partial charge is 0.464 e. The SMILES string of the molecule is CCOc1nc(Nc2ccc(CN3CCNCC3)cc2)c2c(=O)[nH]ncc2n1.Cl. The van der Waals surface area contributed by atoms with Crippen molar-refractivity contribution in [1.29, 1.82) is 0 Å². The molecule has 9 nitrogen and oxygen atoms in total. The fourth-order valence-electron chi connectivity index (χ4n) is 3.22. The van der Waals surface area contributed by atoms with Gasteiger partial charge in [0.05, 0.1) is 12.8 Å². The zero-order valence-electron chi connectivity index (χ0n) is 16.1. The van der Waals surface area contributed by atoms with Gasteiger partial charge in [-0.2, -0.15) is 15.1 Å². The van der Waals surface area contributed by atoms with Crippen molar-refractivity contribution in [3.8, 4) is 6.01 Å². The number of fused-ring (bicyclic) bond motifs is 1. The Kier molecular flexibility index (Phi) is 6.97. The molecule has 3 N–H and O–H groups in total. The van der Waals surface area contributed by atoms with E-state index >= 15 is 0 Å². The summed E-state index contributed by atoms with van der Waals surface area (Å²) < 4.78 is 5.42. The molecule has 10 heteroatoms.